The van der Waals surface area contributed by atoms with Gasteiger partial charge < -0.3 is 4.74 Å². The Kier molecular flexibility index (Phi) is 3.46. The summed E-state index contributed by atoms with van der Waals surface area (Å²) in [5.41, 5.74) is 2.74. The van der Waals surface area contributed by atoms with E-state index in [0.717, 1.165) is 22.7 Å². The van der Waals surface area contributed by atoms with Crippen LogP contribution in [-0.2, 0) is 0 Å². The topological polar surface area (TPSA) is 21.6 Å². The number of benzene rings is 1. The van der Waals surface area contributed by atoms with Crippen LogP contribution in [0, 0.1) is 0 Å². The molecule has 0 bridgehead atoms. The maximum atomic E-state index is 5.24. The van der Waals surface area contributed by atoms with Crippen LogP contribution in [0.25, 0.3) is 0 Å². The minimum Gasteiger partial charge on any atom is -0.496 e. The predicted molar refractivity (Wildman–Crippen MR) is 60.0 cm³/mol. The Balaban J connectivity index is 3.11. The van der Waals surface area contributed by atoms with Crippen LogP contribution in [-0.4, -0.2) is 12.8 Å². The fourth-order valence-corrected chi connectivity index (χ4v) is 1.29. The molecule has 0 aliphatic rings. The van der Waals surface area contributed by atoms with Gasteiger partial charge in [0, 0.05) is 17.0 Å². The summed E-state index contributed by atoms with van der Waals surface area (Å²) in [6.07, 6.45) is 0. The fourth-order valence-electron chi connectivity index (χ4n) is 1.29. The molecule has 1 aromatic rings. The third-order valence-corrected chi connectivity index (χ3v) is 1.86. The first-order chi connectivity index (χ1) is 6.65. The molecule has 0 aliphatic heterocycles. The quantitative estimate of drug-likeness (QED) is 0.670. The van der Waals surface area contributed by atoms with Gasteiger partial charge in [-0.3, -0.25) is 4.99 Å². The molecule has 0 radical (unpaired) electrons. The standard InChI is InChI=1S/C12H15NO/c1-9(2)13-10(3)11-7-5-6-8-12(11)14-4/h5-8H,1H2,2-4H3. The number of aliphatic imine (C=N–C) groups is 1. The lowest BCUT2D eigenvalue weighted by Crippen LogP contribution is -1.98. The Morgan fingerprint density at radius 1 is 1.29 bits per heavy atom. The van der Waals surface area contributed by atoms with Crippen molar-refractivity contribution in [2.24, 2.45) is 4.99 Å². The fraction of sp³-hybridized carbons (Fsp3) is 0.250. The maximum Gasteiger partial charge on any atom is 0.127 e. The molecule has 74 valence electrons. The molecular weight excluding hydrogens is 174 g/mol. The van der Waals surface area contributed by atoms with Crippen molar-refractivity contribution in [1.29, 1.82) is 0 Å². The van der Waals surface area contributed by atoms with Crippen molar-refractivity contribution in [3.8, 4) is 5.75 Å². The van der Waals surface area contributed by atoms with E-state index in [9.17, 15) is 0 Å². The number of methoxy groups -OCH3 is 1. The zero-order valence-electron chi connectivity index (χ0n) is 8.87. The maximum absolute atomic E-state index is 5.24. The second-order valence-electron chi connectivity index (χ2n) is 3.13. The van der Waals surface area contributed by atoms with Crippen molar-refractivity contribution in [3.63, 3.8) is 0 Å². The zero-order valence-corrected chi connectivity index (χ0v) is 8.87. The van der Waals surface area contributed by atoms with Crippen LogP contribution >= 0.6 is 0 Å². The van der Waals surface area contributed by atoms with E-state index < -0.39 is 0 Å². The first-order valence-corrected chi connectivity index (χ1v) is 4.49. The van der Waals surface area contributed by atoms with Crippen molar-refractivity contribution in [2.45, 2.75) is 13.8 Å². The van der Waals surface area contributed by atoms with E-state index in [4.69, 9.17) is 4.74 Å². The summed E-state index contributed by atoms with van der Waals surface area (Å²) in [5, 5.41) is 0. The van der Waals surface area contributed by atoms with E-state index in [1.807, 2.05) is 38.1 Å². The highest BCUT2D eigenvalue weighted by Crippen LogP contribution is 2.18. The van der Waals surface area contributed by atoms with E-state index >= 15 is 0 Å². The van der Waals surface area contributed by atoms with Gasteiger partial charge in [-0.25, -0.2) is 0 Å². The third kappa shape index (κ3) is 2.46. The van der Waals surface area contributed by atoms with Gasteiger partial charge in [0.25, 0.3) is 0 Å². The molecule has 0 aliphatic carbocycles. The average molecular weight is 189 g/mol. The molecule has 0 atom stereocenters. The molecule has 0 aromatic heterocycles. The molecular formula is C12H15NO. The summed E-state index contributed by atoms with van der Waals surface area (Å²) in [7, 11) is 1.66. The predicted octanol–water partition coefficient (Wildman–Crippen LogP) is 3.04. The van der Waals surface area contributed by atoms with Gasteiger partial charge >= 0.3 is 0 Å². The molecule has 0 N–H and O–H groups in total. The van der Waals surface area contributed by atoms with Gasteiger partial charge in [0.2, 0.25) is 0 Å². The number of hydrogen-bond acceptors (Lipinski definition) is 2. The number of nitrogens with zero attached hydrogens (tertiary/aromatic N) is 1. The van der Waals surface area contributed by atoms with Crippen LogP contribution in [0.5, 0.6) is 5.75 Å². The minimum absolute atomic E-state index is 0.799. The molecule has 1 rings (SSSR count). The van der Waals surface area contributed by atoms with Crippen molar-refractivity contribution >= 4 is 5.71 Å². The van der Waals surface area contributed by atoms with Crippen LogP contribution in [0.15, 0.2) is 41.5 Å². The highest BCUT2D eigenvalue weighted by Gasteiger charge is 2.03. The molecule has 0 amide bonds. The second kappa shape index (κ2) is 4.61. The van der Waals surface area contributed by atoms with E-state index in [1.165, 1.54) is 0 Å². The lowest BCUT2D eigenvalue weighted by Gasteiger charge is -2.07. The van der Waals surface area contributed by atoms with Crippen LogP contribution in [0.3, 0.4) is 0 Å². The van der Waals surface area contributed by atoms with Crippen molar-refractivity contribution in [2.75, 3.05) is 7.11 Å². The molecule has 2 heteroatoms. The molecule has 0 saturated carbocycles. The van der Waals surface area contributed by atoms with Gasteiger partial charge in [0.1, 0.15) is 5.75 Å². The first kappa shape index (κ1) is 10.5. The molecule has 0 fully saturated rings. The summed E-state index contributed by atoms with van der Waals surface area (Å²) >= 11 is 0. The van der Waals surface area contributed by atoms with E-state index in [2.05, 4.69) is 11.6 Å². The minimum atomic E-state index is 0.799. The van der Waals surface area contributed by atoms with E-state index in [-0.39, 0.29) is 0 Å². The average Bonchev–Trinajstić information content (AvgIpc) is 2.16. The highest BCUT2D eigenvalue weighted by atomic mass is 16.5. The molecule has 1 aromatic carbocycles. The van der Waals surface area contributed by atoms with Gasteiger partial charge in [-0.05, 0) is 26.0 Å². The summed E-state index contributed by atoms with van der Waals surface area (Å²) in [6.45, 7) is 7.57. The number of para-hydroxylation sites is 1. The van der Waals surface area contributed by atoms with Gasteiger partial charge in [0.15, 0.2) is 0 Å². The van der Waals surface area contributed by atoms with Crippen LogP contribution in [0.4, 0.5) is 0 Å². The van der Waals surface area contributed by atoms with Crippen LogP contribution in [0.1, 0.15) is 19.4 Å². The summed E-state index contributed by atoms with van der Waals surface area (Å²) in [6, 6.07) is 7.82. The number of hydrogen-bond donors (Lipinski definition) is 0. The molecule has 0 heterocycles. The summed E-state index contributed by atoms with van der Waals surface area (Å²) < 4.78 is 5.24. The van der Waals surface area contributed by atoms with E-state index in [1.54, 1.807) is 7.11 Å². The molecule has 0 spiro atoms. The largest absolute Gasteiger partial charge is 0.496 e. The third-order valence-electron chi connectivity index (χ3n) is 1.86. The van der Waals surface area contributed by atoms with Gasteiger partial charge in [-0.15, -0.1) is 0 Å². The molecule has 0 unspecified atom stereocenters. The van der Waals surface area contributed by atoms with Crippen molar-refractivity contribution in [1.82, 2.24) is 0 Å². The molecule has 14 heavy (non-hydrogen) atoms. The SMILES string of the molecule is C=C(C)N=C(C)c1ccccc1OC. The smallest absolute Gasteiger partial charge is 0.127 e. The normalized spacial score (nSPS) is 11.2. The van der Waals surface area contributed by atoms with Crippen LogP contribution < -0.4 is 4.74 Å². The van der Waals surface area contributed by atoms with Gasteiger partial charge in [-0.1, -0.05) is 18.7 Å². The number of rotatable bonds is 3. The van der Waals surface area contributed by atoms with Gasteiger partial charge in [0.05, 0.1) is 7.11 Å². The molecule has 2 nitrogen and oxygen atoms in total. The Bertz CT molecular complexity index is 366. The van der Waals surface area contributed by atoms with Gasteiger partial charge in [-0.2, -0.15) is 0 Å². The first-order valence-electron chi connectivity index (χ1n) is 4.49. The number of allylic oxidation sites excluding steroid dienone is 1. The van der Waals surface area contributed by atoms with Crippen molar-refractivity contribution in [3.05, 3.63) is 42.1 Å². The van der Waals surface area contributed by atoms with Crippen molar-refractivity contribution < 1.29 is 4.74 Å². The van der Waals surface area contributed by atoms with Crippen LogP contribution in [0.2, 0.25) is 0 Å². The molecule has 0 saturated heterocycles. The Morgan fingerprint density at radius 3 is 2.50 bits per heavy atom. The van der Waals surface area contributed by atoms with E-state index in [0.29, 0.717) is 0 Å². The summed E-state index contributed by atoms with van der Waals surface area (Å²) in [5.74, 6) is 0.843. The second-order valence-corrected chi connectivity index (χ2v) is 3.13. The Labute approximate surface area is 84.9 Å². The summed E-state index contributed by atoms with van der Waals surface area (Å²) in [4.78, 5) is 4.30. The highest BCUT2D eigenvalue weighted by molar-refractivity contribution is 6.01. The number of ether oxygens (including phenoxy) is 1. The Morgan fingerprint density at radius 2 is 1.93 bits per heavy atom. The lowest BCUT2D eigenvalue weighted by atomic mass is 10.1. The zero-order chi connectivity index (χ0) is 10.6. The lowest BCUT2D eigenvalue weighted by molar-refractivity contribution is 0.414. The Hall–Kier alpha value is -1.57. The monoisotopic (exact) mass is 189 g/mol.